The molecule has 2 aromatic carbocycles. The summed E-state index contributed by atoms with van der Waals surface area (Å²) in [6.07, 6.45) is 6.17. The first-order chi connectivity index (χ1) is 22.0. The third-order valence-corrected chi connectivity index (χ3v) is 9.13. The fourth-order valence-corrected chi connectivity index (χ4v) is 6.65. The summed E-state index contributed by atoms with van der Waals surface area (Å²) in [6, 6.07) is 6.65. The van der Waals surface area contributed by atoms with Gasteiger partial charge in [-0.2, -0.15) is 0 Å². The van der Waals surface area contributed by atoms with Gasteiger partial charge in [0.05, 0.1) is 76.2 Å². The first-order valence-electron chi connectivity index (χ1n) is 15.3. The molecule has 12 heteroatoms. The van der Waals surface area contributed by atoms with Crippen LogP contribution in [0.25, 0.3) is 0 Å². The highest BCUT2D eigenvalue weighted by Crippen LogP contribution is 2.40. The van der Waals surface area contributed by atoms with Crippen molar-refractivity contribution in [1.29, 1.82) is 0 Å². The van der Waals surface area contributed by atoms with E-state index < -0.39 is 0 Å². The number of hydrogen-bond acceptors (Lipinski definition) is 10. The molecule has 0 aliphatic carbocycles. The summed E-state index contributed by atoms with van der Waals surface area (Å²) in [4.78, 5) is 39.8. The minimum atomic E-state index is -0.124. The number of carbonyl (C=O) groups is 2. The molecule has 0 spiro atoms. The van der Waals surface area contributed by atoms with E-state index in [-0.39, 0.29) is 35.7 Å². The predicted molar refractivity (Wildman–Crippen MR) is 168 cm³/mol. The van der Waals surface area contributed by atoms with Gasteiger partial charge in [-0.25, -0.2) is 0 Å². The minimum absolute atomic E-state index is 0.0569. The Morgan fingerprint density at radius 2 is 1.04 bits per heavy atom. The second kappa shape index (κ2) is 13.5. The number of methoxy groups -OCH3 is 4. The van der Waals surface area contributed by atoms with E-state index in [1.807, 2.05) is 22.2 Å². The number of fused-ring (bicyclic) bond motifs is 4. The average Bonchev–Trinajstić information content (AvgIpc) is 3.60. The number of benzene rings is 2. The van der Waals surface area contributed by atoms with Gasteiger partial charge in [-0.1, -0.05) is 0 Å². The van der Waals surface area contributed by atoms with E-state index in [0.717, 1.165) is 19.3 Å². The van der Waals surface area contributed by atoms with Gasteiger partial charge >= 0.3 is 0 Å². The summed E-state index contributed by atoms with van der Waals surface area (Å²) >= 11 is 0. The first-order valence-corrected chi connectivity index (χ1v) is 15.3. The maximum absolute atomic E-state index is 13.4. The zero-order chi connectivity index (χ0) is 31.5. The summed E-state index contributed by atoms with van der Waals surface area (Å²) < 4.78 is 33.7. The topological polar surface area (TPSA) is 121 Å². The molecule has 6 rings (SSSR count). The molecule has 4 aliphatic rings. The van der Waals surface area contributed by atoms with Gasteiger partial charge in [0.25, 0.3) is 11.8 Å². The van der Waals surface area contributed by atoms with E-state index in [0.29, 0.717) is 85.0 Å². The molecule has 12 nitrogen and oxygen atoms in total. The lowest BCUT2D eigenvalue weighted by Crippen LogP contribution is -2.39. The Labute approximate surface area is 262 Å². The van der Waals surface area contributed by atoms with Gasteiger partial charge in [0.2, 0.25) is 0 Å². The van der Waals surface area contributed by atoms with E-state index in [4.69, 9.17) is 28.4 Å². The van der Waals surface area contributed by atoms with Crippen molar-refractivity contribution in [1.82, 2.24) is 9.80 Å². The van der Waals surface area contributed by atoms with Crippen LogP contribution < -0.4 is 18.9 Å². The lowest BCUT2D eigenvalue weighted by atomic mass is 10.0. The number of ether oxygens (including phenoxy) is 6. The van der Waals surface area contributed by atoms with Crippen LogP contribution in [0.3, 0.4) is 0 Å². The van der Waals surface area contributed by atoms with Crippen LogP contribution in [0.4, 0.5) is 11.4 Å². The van der Waals surface area contributed by atoms with Gasteiger partial charge < -0.3 is 38.2 Å². The van der Waals surface area contributed by atoms with Gasteiger partial charge in [0.1, 0.15) is 0 Å². The van der Waals surface area contributed by atoms with Crippen molar-refractivity contribution in [3.05, 3.63) is 35.4 Å². The standard InChI is InChI=1S/C33H40N4O8/c1-40-28-12-22-24(14-30(28)42-3)34-16-26-20(6-8-36(26)32(22)38)18-44-10-5-11-45-19-21-7-9-37-27(21)17-35-25-15-31(43-4)29(41-2)13-23(25)33(37)39/h12-17,20-21,26-27H,5-11,18-19H2,1-4H3. The minimum Gasteiger partial charge on any atom is -0.493 e. The molecular weight excluding hydrogens is 580 g/mol. The molecule has 240 valence electrons. The van der Waals surface area contributed by atoms with Crippen LogP contribution in [0.15, 0.2) is 34.3 Å². The Kier molecular flexibility index (Phi) is 9.22. The maximum Gasteiger partial charge on any atom is 0.256 e. The second-order valence-corrected chi connectivity index (χ2v) is 11.6. The number of hydrogen-bond donors (Lipinski definition) is 0. The Morgan fingerprint density at radius 3 is 1.44 bits per heavy atom. The number of amides is 2. The van der Waals surface area contributed by atoms with Crippen molar-refractivity contribution < 1.29 is 38.0 Å². The number of nitrogens with zero attached hydrogens (tertiary/aromatic N) is 4. The van der Waals surface area contributed by atoms with E-state index in [1.165, 1.54) is 0 Å². The smallest absolute Gasteiger partial charge is 0.256 e. The molecule has 4 atom stereocenters. The SMILES string of the molecule is COc1cc2c(cc1OC)C(=O)N1CCC(COCCCOCC3CCN4C(=O)c5cc(OC)c(OC)cc5N=CC34)C1C=N2. The molecule has 0 radical (unpaired) electrons. The zero-order valence-electron chi connectivity index (χ0n) is 26.2. The third-order valence-electron chi connectivity index (χ3n) is 9.13. The highest BCUT2D eigenvalue weighted by Gasteiger charge is 2.40. The van der Waals surface area contributed by atoms with Crippen LogP contribution in [-0.2, 0) is 9.47 Å². The molecule has 2 amide bonds. The lowest BCUT2D eigenvalue weighted by molar-refractivity contribution is 0.0498. The van der Waals surface area contributed by atoms with Crippen molar-refractivity contribution in [3.63, 3.8) is 0 Å². The van der Waals surface area contributed by atoms with Crippen LogP contribution in [0.5, 0.6) is 23.0 Å². The fraction of sp³-hybridized carbons (Fsp3) is 0.515. The Morgan fingerprint density at radius 1 is 0.644 bits per heavy atom. The van der Waals surface area contributed by atoms with Crippen molar-refractivity contribution in [2.24, 2.45) is 21.8 Å². The molecule has 0 aromatic heterocycles. The fourth-order valence-electron chi connectivity index (χ4n) is 6.65. The van der Waals surface area contributed by atoms with Crippen LogP contribution in [0.1, 0.15) is 40.0 Å². The normalized spacial score (nSPS) is 23.2. The number of aliphatic imine (C=N–C) groups is 2. The Bertz CT molecular complexity index is 1380. The van der Waals surface area contributed by atoms with Crippen LogP contribution >= 0.6 is 0 Å². The van der Waals surface area contributed by atoms with Gasteiger partial charge in [-0.3, -0.25) is 19.6 Å². The van der Waals surface area contributed by atoms with Crippen molar-refractivity contribution >= 4 is 35.6 Å². The summed E-state index contributed by atoms with van der Waals surface area (Å²) in [5, 5.41) is 0. The van der Waals surface area contributed by atoms with Gasteiger partial charge in [-0.05, 0) is 31.4 Å². The molecule has 4 aliphatic heterocycles. The van der Waals surface area contributed by atoms with Crippen molar-refractivity contribution in [2.45, 2.75) is 31.3 Å². The largest absolute Gasteiger partial charge is 0.493 e. The molecule has 0 N–H and O–H groups in total. The molecule has 2 saturated heterocycles. The molecular formula is C33H40N4O8. The van der Waals surface area contributed by atoms with Gasteiger partial charge in [0.15, 0.2) is 23.0 Å². The Hall–Kier alpha value is -4.16. The van der Waals surface area contributed by atoms with Gasteiger partial charge in [-0.15, -0.1) is 0 Å². The average molecular weight is 621 g/mol. The van der Waals surface area contributed by atoms with Crippen LogP contribution in [0, 0.1) is 11.8 Å². The first kappa shape index (κ1) is 30.8. The summed E-state index contributed by atoms with van der Waals surface area (Å²) in [5.74, 6) is 2.31. The van der Waals surface area contributed by atoms with E-state index in [9.17, 15) is 9.59 Å². The molecule has 0 bridgehead atoms. The van der Waals surface area contributed by atoms with Crippen molar-refractivity contribution in [3.8, 4) is 23.0 Å². The van der Waals surface area contributed by atoms with Crippen molar-refractivity contribution in [2.75, 3.05) is 68.0 Å². The monoisotopic (exact) mass is 620 g/mol. The van der Waals surface area contributed by atoms with Gasteiger partial charge in [0, 0.05) is 62.7 Å². The molecule has 0 saturated carbocycles. The third kappa shape index (κ3) is 5.96. The number of rotatable bonds is 12. The summed E-state index contributed by atoms with van der Waals surface area (Å²) in [5.41, 5.74) is 2.19. The van der Waals surface area contributed by atoms with E-state index in [1.54, 1.807) is 52.7 Å². The van der Waals surface area contributed by atoms with E-state index in [2.05, 4.69) is 9.98 Å². The maximum atomic E-state index is 13.4. The quantitative estimate of drug-likeness (QED) is 0.328. The molecule has 2 aromatic rings. The summed E-state index contributed by atoms with van der Waals surface area (Å²) in [6.45, 7) is 3.50. The van der Waals surface area contributed by atoms with Crippen LogP contribution in [-0.4, -0.2) is 114 Å². The van der Waals surface area contributed by atoms with E-state index >= 15 is 0 Å². The number of carbonyl (C=O) groups excluding carboxylic acids is 2. The molecule has 4 unspecified atom stereocenters. The molecule has 2 fully saturated rings. The van der Waals surface area contributed by atoms with Crippen LogP contribution in [0.2, 0.25) is 0 Å². The molecule has 45 heavy (non-hydrogen) atoms. The molecule has 4 heterocycles. The zero-order valence-corrected chi connectivity index (χ0v) is 26.2. The lowest BCUT2D eigenvalue weighted by Gasteiger charge is -2.24. The highest BCUT2D eigenvalue weighted by atomic mass is 16.5. The Balaban J connectivity index is 0.957. The second-order valence-electron chi connectivity index (χ2n) is 11.6. The highest BCUT2D eigenvalue weighted by molar-refractivity contribution is 6.04. The summed E-state index contributed by atoms with van der Waals surface area (Å²) in [7, 11) is 6.24. The predicted octanol–water partition coefficient (Wildman–Crippen LogP) is 3.94.